The van der Waals surface area contributed by atoms with Crippen molar-refractivity contribution >= 4 is 29.0 Å². The van der Waals surface area contributed by atoms with Gasteiger partial charge in [0.15, 0.2) is 0 Å². The summed E-state index contributed by atoms with van der Waals surface area (Å²) in [4.78, 5) is 4.63. The van der Waals surface area contributed by atoms with Gasteiger partial charge >= 0.3 is 0 Å². The Kier molecular flexibility index (Phi) is 7.85. The highest BCUT2D eigenvalue weighted by molar-refractivity contribution is 6.08. The molecule has 0 saturated carbocycles. The van der Waals surface area contributed by atoms with Crippen molar-refractivity contribution in [2.45, 2.75) is 33.3 Å². The van der Waals surface area contributed by atoms with Gasteiger partial charge in [0.1, 0.15) is 23.9 Å². The summed E-state index contributed by atoms with van der Waals surface area (Å²) < 4.78 is 16.6. The minimum absolute atomic E-state index is 0. The van der Waals surface area contributed by atoms with Gasteiger partial charge in [-0.1, -0.05) is 13.3 Å². The Labute approximate surface area is 177 Å². The second-order valence-corrected chi connectivity index (χ2v) is 6.73. The summed E-state index contributed by atoms with van der Waals surface area (Å²) in [5.74, 6) is 2.20. The zero-order valence-corrected chi connectivity index (χ0v) is 18.1. The first-order chi connectivity index (χ1) is 13.5. The highest BCUT2D eigenvalue weighted by Crippen LogP contribution is 2.27. The molecule has 1 aromatic heterocycles. The predicted molar refractivity (Wildman–Crippen MR) is 119 cm³/mol. The Morgan fingerprint density at radius 3 is 2.28 bits per heavy atom. The van der Waals surface area contributed by atoms with Crippen LogP contribution in [0.2, 0.25) is 0 Å². The van der Waals surface area contributed by atoms with E-state index in [1.165, 1.54) is 0 Å². The van der Waals surface area contributed by atoms with E-state index in [0.717, 1.165) is 57.8 Å². The van der Waals surface area contributed by atoms with Gasteiger partial charge in [0, 0.05) is 34.5 Å². The molecule has 0 radical (unpaired) electrons. The van der Waals surface area contributed by atoms with Gasteiger partial charge in [-0.2, -0.15) is 0 Å². The smallest absolute Gasteiger partial charge is 0.122 e. The van der Waals surface area contributed by atoms with Crippen molar-refractivity contribution in [1.29, 1.82) is 5.41 Å². The van der Waals surface area contributed by atoms with Crippen LogP contribution in [0.1, 0.15) is 36.6 Å². The lowest BCUT2D eigenvalue weighted by Crippen LogP contribution is -2.02. The molecule has 0 bridgehead atoms. The van der Waals surface area contributed by atoms with Crippen LogP contribution in [0.25, 0.3) is 10.9 Å². The minimum atomic E-state index is 0. The predicted octanol–water partition coefficient (Wildman–Crippen LogP) is 5.73. The largest absolute Gasteiger partial charge is 0.497 e. The Morgan fingerprint density at radius 1 is 0.966 bits per heavy atom. The van der Waals surface area contributed by atoms with Crippen molar-refractivity contribution < 1.29 is 14.2 Å². The fourth-order valence-electron chi connectivity index (χ4n) is 3.18. The second-order valence-electron chi connectivity index (χ2n) is 6.73. The normalized spacial score (nSPS) is 10.3. The summed E-state index contributed by atoms with van der Waals surface area (Å²) in [6, 6.07) is 13.5. The fourth-order valence-corrected chi connectivity index (χ4v) is 3.18. The van der Waals surface area contributed by atoms with Gasteiger partial charge in [-0.3, -0.25) is 4.98 Å². The van der Waals surface area contributed by atoms with Crippen LogP contribution in [-0.2, 0) is 6.61 Å². The molecule has 29 heavy (non-hydrogen) atoms. The first-order valence-electron chi connectivity index (χ1n) is 9.38. The maximum atomic E-state index is 8.35. The molecule has 0 saturated heterocycles. The van der Waals surface area contributed by atoms with Crippen LogP contribution in [-0.4, -0.2) is 24.9 Å². The number of benzene rings is 2. The summed E-state index contributed by atoms with van der Waals surface area (Å²) in [5, 5.41) is 9.34. The van der Waals surface area contributed by atoms with E-state index in [0.29, 0.717) is 12.3 Å². The number of nitrogens with zero attached hydrogens (tertiary/aromatic N) is 1. The summed E-state index contributed by atoms with van der Waals surface area (Å²) >= 11 is 0. The van der Waals surface area contributed by atoms with Gasteiger partial charge in [0.2, 0.25) is 0 Å². The molecule has 154 valence electrons. The van der Waals surface area contributed by atoms with Gasteiger partial charge in [-0.05, 0) is 49.2 Å². The van der Waals surface area contributed by atoms with Gasteiger partial charge in [0.25, 0.3) is 0 Å². The van der Waals surface area contributed by atoms with Crippen molar-refractivity contribution in [3.63, 3.8) is 0 Å². The summed E-state index contributed by atoms with van der Waals surface area (Å²) in [6.07, 6.45) is 1.71. The number of halogens is 1. The molecule has 0 aliphatic heterocycles. The van der Waals surface area contributed by atoms with E-state index < -0.39 is 0 Å². The third-order valence-electron chi connectivity index (χ3n) is 4.55. The number of hydrogen-bond donors (Lipinski definition) is 1. The van der Waals surface area contributed by atoms with Gasteiger partial charge in [-0.15, -0.1) is 12.4 Å². The molecule has 0 fully saturated rings. The molecule has 0 atom stereocenters. The standard InChI is InChI=1S/C23H26N2O3.ClH/c1-5-6-22(24)21-9-15(2)25-23-13-17(7-8-20(21)23)28-14-16-10-18(26-3)12-19(11-16)27-4;/h7-13,24H,5-6,14H2,1-4H3;1H. The lowest BCUT2D eigenvalue weighted by molar-refractivity contribution is 0.304. The third-order valence-corrected chi connectivity index (χ3v) is 4.55. The van der Waals surface area contributed by atoms with Crippen molar-refractivity contribution in [2.75, 3.05) is 14.2 Å². The zero-order valence-electron chi connectivity index (χ0n) is 17.2. The van der Waals surface area contributed by atoms with E-state index in [-0.39, 0.29) is 12.4 Å². The number of methoxy groups -OCH3 is 2. The highest BCUT2D eigenvalue weighted by atomic mass is 35.5. The molecule has 0 unspecified atom stereocenters. The zero-order chi connectivity index (χ0) is 20.1. The molecule has 0 aliphatic carbocycles. The number of pyridine rings is 1. The van der Waals surface area contributed by atoms with Crippen molar-refractivity contribution in [3.05, 3.63) is 59.3 Å². The quantitative estimate of drug-likeness (QED) is 0.478. The maximum Gasteiger partial charge on any atom is 0.122 e. The summed E-state index contributed by atoms with van der Waals surface area (Å²) in [7, 11) is 3.26. The van der Waals surface area contributed by atoms with Crippen molar-refractivity contribution in [3.8, 4) is 17.2 Å². The molecule has 3 aromatic rings. The number of aryl methyl sites for hydroxylation is 1. The molecule has 5 nitrogen and oxygen atoms in total. The Balaban J connectivity index is 0.00000300. The van der Waals surface area contributed by atoms with E-state index in [1.807, 2.05) is 49.4 Å². The van der Waals surface area contributed by atoms with Gasteiger partial charge in [-0.25, -0.2) is 0 Å². The first kappa shape index (κ1) is 22.5. The molecule has 3 rings (SSSR count). The van der Waals surface area contributed by atoms with Crippen LogP contribution in [0.15, 0.2) is 42.5 Å². The lowest BCUT2D eigenvalue weighted by atomic mass is 10.0. The van der Waals surface area contributed by atoms with Crippen LogP contribution in [0.4, 0.5) is 0 Å². The molecular weight excluding hydrogens is 388 g/mol. The number of ether oxygens (including phenoxy) is 3. The number of nitrogens with one attached hydrogen (secondary N) is 1. The van der Waals surface area contributed by atoms with E-state index in [2.05, 4.69) is 11.9 Å². The number of hydrogen-bond acceptors (Lipinski definition) is 5. The van der Waals surface area contributed by atoms with E-state index in [4.69, 9.17) is 19.6 Å². The molecule has 0 amide bonds. The topological polar surface area (TPSA) is 64.4 Å². The number of aromatic nitrogens is 1. The SMILES string of the molecule is CCCC(=N)c1cc(C)nc2cc(OCc3cc(OC)cc(OC)c3)ccc12.Cl. The van der Waals surface area contributed by atoms with Crippen LogP contribution >= 0.6 is 12.4 Å². The molecule has 0 aliphatic rings. The van der Waals surface area contributed by atoms with Crippen LogP contribution in [0.3, 0.4) is 0 Å². The van der Waals surface area contributed by atoms with E-state index >= 15 is 0 Å². The highest BCUT2D eigenvalue weighted by Gasteiger charge is 2.10. The number of fused-ring (bicyclic) bond motifs is 1. The summed E-state index contributed by atoms with van der Waals surface area (Å²) in [5.41, 5.74) is 4.30. The average Bonchev–Trinajstić information content (AvgIpc) is 2.71. The Morgan fingerprint density at radius 2 is 1.66 bits per heavy atom. The van der Waals surface area contributed by atoms with E-state index in [9.17, 15) is 0 Å². The average molecular weight is 415 g/mol. The van der Waals surface area contributed by atoms with Crippen LogP contribution in [0.5, 0.6) is 17.2 Å². The Hall–Kier alpha value is -2.79. The third kappa shape index (κ3) is 5.39. The van der Waals surface area contributed by atoms with Crippen LogP contribution in [0, 0.1) is 12.3 Å². The molecule has 6 heteroatoms. The first-order valence-corrected chi connectivity index (χ1v) is 9.38. The minimum Gasteiger partial charge on any atom is -0.497 e. The molecule has 0 spiro atoms. The Bertz CT molecular complexity index is 983. The monoisotopic (exact) mass is 414 g/mol. The molecule has 2 aromatic carbocycles. The maximum absolute atomic E-state index is 8.35. The molecule has 1 N–H and O–H groups in total. The van der Waals surface area contributed by atoms with E-state index in [1.54, 1.807) is 14.2 Å². The second kappa shape index (κ2) is 10.1. The van der Waals surface area contributed by atoms with Crippen molar-refractivity contribution in [1.82, 2.24) is 4.98 Å². The van der Waals surface area contributed by atoms with Crippen LogP contribution < -0.4 is 14.2 Å². The molecule has 1 heterocycles. The fraction of sp³-hybridized carbons (Fsp3) is 0.304. The van der Waals surface area contributed by atoms with Crippen molar-refractivity contribution in [2.24, 2.45) is 0 Å². The van der Waals surface area contributed by atoms with Gasteiger partial charge in [0.05, 0.1) is 19.7 Å². The number of rotatable bonds is 8. The van der Waals surface area contributed by atoms with Gasteiger partial charge < -0.3 is 19.6 Å². The lowest BCUT2D eigenvalue weighted by Gasteiger charge is -2.12. The summed E-state index contributed by atoms with van der Waals surface area (Å²) in [6.45, 7) is 4.44. The molecular formula is C23H27ClN2O3.